The average molecular weight is 294 g/mol. The highest BCUT2D eigenvalue weighted by Gasteiger charge is 2.35. The number of hydrogen-bond acceptors (Lipinski definition) is 5. The van der Waals surface area contributed by atoms with E-state index in [1.54, 1.807) is 0 Å². The molecule has 0 aliphatic carbocycles. The summed E-state index contributed by atoms with van der Waals surface area (Å²) in [7, 11) is -1.75. The van der Waals surface area contributed by atoms with Crippen LogP contribution >= 0.6 is 0 Å². The van der Waals surface area contributed by atoms with E-state index in [4.69, 9.17) is 5.26 Å². The Hall–Kier alpha value is -1.49. The highest BCUT2D eigenvalue weighted by molar-refractivity contribution is 7.89. The molecular weight excluding hydrogens is 276 g/mol. The minimum atomic E-state index is -3.64. The van der Waals surface area contributed by atoms with Crippen LogP contribution in [0.1, 0.15) is 25.5 Å². The third kappa shape index (κ3) is 2.68. The number of hydrogen-bond donors (Lipinski definition) is 1. The van der Waals surface area contributed by atoms with Gasteiger partial charge in [0.1, 0.15) is 11.0 Å². The largest absolute Gasteiger partial charge is 0.314 e. The first-order valence-electron chi connectivity index (χ1n) is 6.47. The fraction of sp³-hybridized carbons (Fsp3) is 0.538. The molecule has 0 atom stereocenters. The first-order chi connectivity index (χ1) is 9.43. The molecule has 0 amide bonds. The van der Waals surface area contributed by atoms with Crippen molar-refractivity contribution in [2.75, 3.05) is 20.1 Å². The molecule has 0 unspecified atom stereocenters. The lowest BCUT2D eigenvalue weighted by Gasteiger charge is -2.38. The zero-order valence-corrected chi connectivity index (χ0v) is 12.4. The van der Waals surface area contributed by atoms with Crippen LogP contribution in [-0.4, -0.2) is 43.4 Å². The van der Waals surface area contributed by atoms with Crippen molar-refractivity contribution < 1.29 is 8.42 Å². The molecule has 0 spiro atoms. The molecule has 1 saturated heterocycles. The summed E-state index contributed by atoms with van der Waals surface area (Å²) in [6.45, 7) is 2.97. The van der Waals surface area contributed by atoms with Gasteiger partial charge >= 0.3 is 0 Å². The Bertz CT molecular complexity index is 628. The smallest absolute Gasteiger partial charge is 0.245 e. The summed E-state index contributed by atoms with van der Waals surface area (Å²) in [6, 6.07) is 4.81. The van der Waals surface area contributed by atoms with Crippen LogP contribution in [0, 0.1) is 11.3 Å². The van der Waals surface area contributed by atoms with E-state index in [2.05, 4.69) is 17.2 Å². The van der Waals surface area contributed by atoms with Crippen molar-refractivity contribution in [3.05, 3.63) is 24.0 Å². The van der Waals surface area contributed by atoms with Crippen LogP contribution < -0.4 is 5.32 Å². The maximum atomic E-state index is 12.6. The molecule has 0 aromatic carbocycles. The molecule has 0 bridgehead atoms. The summed E-state index contributed by atoms with van der Waals surface area (Å²) >= 11 is 0. The summed E-state index contributed by atoms with van der Waals surface area (Å²) < 4.78 is 26.6. The zero-order valence-electron chi connectivity index (χ0n) is 11.6. The summed E-state index contributed by atoms with van der Waals surface area (Å²) in [5, 5.41) is 12.2. The third-order valence-electron chi connectivity index (χ3n) is 3.92. The Labute approximate surface area is 119 Å². The molecule has 1 aromatic rings. The van der Waals surface area contributed by atoms with E-state index >= 15 is 0 Å². The van der Waals surface area contributed by atoms with E-state index in [1.807, 2.05) is 13.1 Å². The Morgan fingerprint density at radius 1 is 1.45 bits per heavy atom. The standard InChI is InChI=1S/C13H18N4O2S/c1-13(15-2)5-8-17(9-6-13)20(18,19)12-4-3-7-16-11(12)10-14/h3-4,7,15H,5-6,8-9H2,1-2H3. The van der Waals surface area contributed by atoms with Crippen LogP contribution in [-0.2, 0) is 10.0 Å². The van der Waals surface area contributed by atoms with Crippen LogP contribution in [0.2, 0.25) is 0 Å². The second-order valence-electron chi connectivity index (χ2n) is 5.18. The number of piperidine rings is 1. The van der Waals surface area contributed by atoms with Crippen molar-refractivity contribution >= 4 is 10.0 Å². The van der Waals surface area contributed by atoms with E-state index in [1.165, 1.54) is 22.6 Å². The van der Waals surface area contributed by atoms with Crippen molar-refractivity contribution in [1.82, 2.24) is 14.6 Å². The number of nitriles is 1. The molecule has 1 aliphatic heterocycles. The number of nitrogens with one attached hydrogen (secondary N) is 1. The number of rotatable bonds is 3. The van der Waals surface area contributed by atoms with Crippen LogP contribution in [0.4, 0.5) is 0 Å². The first kappa shape index (κ1) is 14.9. The summed E-state index contributed by atoms with van der Waals surface area (Å²) in [5.41, 5.74) is -0.0756. The Balaban J connectivity index is 2.27. The molecule has 0 saturated carbocycles. The van der Waals surface area contributed by atoms with Crippen molar-refractivity contribution in [3.8, 4) is 6.07 Å². The zero-order chi connectivity index (χ0) is 14.8. The minimum Gasteiger partial charge on any atom is -0.314 e. The SMILES string of the molecule is CNC1(C)CCN(S(=O)(=O)c2cccnc2C#N)CC1. The molecule has 1 aliphatic rings. The highest BCUT2D eigenvalue weighted by Crippen LogP contribution is 2.26. The maximum Gasteiger partial charge on any atom is 0.245 e. The normalized spacial score (nSPS) is 19.4. The second-order valence-corrected chi connectivity index (χ2v) is 7.08. The Morgan fingerprint density at radius 3 is 2.65 bits per heavy atom. The molecule has 2 rings (SSSR count). The van der Waals surface area contributed by atoms with E-state index in [9.17, 15) is 8.42 Å². The fourth-order valence-corrected chi connectivity index (χ4v) is 3.83. The van der Waals surface area contributed by atoms with Gasteiger partial charge in [-0.2, -0.15) is 9.57 Å². The van der Waals surface area contributed by atoms with Gasteiger partial charge < -0.3 is 5.32 Å². The van der Waals surface area contributed by atoms with Crippen molar-refractivity contribution in [2.45, 2.75) is 30.2 Å². The number of nitrogens with zero attached hydrogens (tertiary/aromatic N) is 3. The van der Waals surface area contributed by atoms with E-state index in [-0.39, 0.29) is 16.1 Å². The Morgan fingerprint density at radius 2 is 2.10 bits per heavy atom. The van der Waals surface area contributed by atoms with Gasteiger partial charge in [0, 0.05) is 24.8 Å². The predicted molar refractivity (Wildman–Crippen MR) is 74.4 cm³/mol. The molecule has 1 N–H and O–H groups in total. The van der Waals surface area contributed by atoms with Gasteiger partial charge in [-0.25, -0.2) is 13.4 Å². The van der Waals surface area contributed by atoms with Gasteiger partial charge in [0.05, 0.1) is 0 Å². The van der Waals surface area contributed by atoms with Crippen LogP contribution in [0.15, 0.2) is 23.2 Å². The third-order valence-corrected chi connectivity index (χ3v) is 5.85. The predicted octanol–water partition coefficient (Wildman–Crippen LogP) is 0.716. The lowest BCUT2D eigenvalue weighted by atomic mass is 9.91. The number of sulfonamides is 1. The molecular formula is C13H18N4O2S. The lowest BCUT2D eigenvalue weighted by Crippen LogP contribution is -2.51. The van der Waals surface area contributed by atoms with E-state index in [0.717, 1.165) is 12.8 Å². The summed E-state index contributed by atoms with van der Waals surface area (Å²) in [6.07, 6.45) is 2.90. The molecule has 6 nitrogen and oxygen atoms in total. The molecule has 1 aromatic heterocycles. The van der Waals surface area contributed by atoms with E-state index in [0.29, 0.717) is 13.1 Å². The topological polar surface area (TPSA) is 86.1 Å². The van der Waals surface area contributed by atoms with Crippen LogP contribution in [0.3, 0.4) is 0 Å². The molecule has 0 radical (unpaired) electrons. The molecule has 2 heterocycles. The van der Waals surface area contributed by atoms with Crippen LogP contribution in [0.25, 0.3) is 0 Å². The van der Waals surface area contributed by atoms with Gasteiger partial charge in [0.25, 0.3) is 0 Å². The fourth-order valence-electron chi connectivity index (χ4n) is 2.29. The monoisotopic (exact) mass is 294 g/mol. The number of aromatic nitrogens is 1. The van der Waals surface area contributed by atoms with Gasteiger partial charge in [-0.15, -0.1) is 0 Å². The van der Waals surface area contributed by atoms with Crippen LogP contribution in [0.5, 0.6) is 0 Å². The summed E-state index contributed by atoms with van der Waals surface area (Å²) in [5.74, 6) is 0. The van der Waals surface area contributed by atoms with Gasteiger partial charge in [0.2, 0.25) is 10.0 Å². The minimum absolute atomic E-state index is 0.00411. The van der Waals surface area contributed by atoms with Gasteiger partial charge in [-0.1, -0.05) is 0 Å². The second kappa shape index (κ2) is 5.48. The molecule has 20 heavy (non-hydrogen) atoms. The molecule has 1 fully saturated rings. The first-order valence-corrected chi connectivity index (χ1v) is 7.91. The molecule has 7 heteroatoms. The number of pyridine rings is 1. The highest BCUT2D eigenvalue weighted by atomic mass is 32.2. The maximum absolute atomic E-state index is 12.6. The van der Waals surface area contributed by atoms with Gasteiger partial charge in [-0.3, -0.25) is 0 Å². The lowest BCUT2D eigenvalue weighted by molar-refractivity contribution is 0.219. The molecule has 108 valence electrons. The van der Waals surface area contributed by atoms with Crippen molar-refractivity contribution in [1.29, 1.82) is 5.26 Å². The average Bonchev–Trinajstić information content (AvgIpc) is 2.47. The summed E-state index contributed by atoms with van der Waals surface area (Å²) in [4.78, 5) is 3.82. The van der Waals surface area contributed by atoms with Crippen molar-refractivity contribution in [2.24, 2.45) is 0 Å². The quantitative estimate of drug-likeness (QED) is 0.887. The van der Waals surface area contributed by atoms with Gasteiger partial charge in [-0.05, 0) is 38.9 Å². The van der Waals surface area contributed by atoms with Crippen molar-refractivity contribution in [3.63, 3.8) is 0 Å². The Kier molecular flexibility index (Phi) is 4.09. The van der Waals surface area contributed by atoms with Gasteiger partial charge in [0.15, 0.2) is 5.69 Å². The van der Waals surface area contributed by atoms with E-state index < -0.39 is 10.0 Å².